The molecule has 3 rings (SSSR count). The zero-order chi connectivity index (χ0) is 16.9. The predicted octanol–water partition coefficient (Wildman–Crippen LogP) is 1.06. The lowest BCUT2D eigenvalue weighted by molar-refractivity contribution is -0.125. The number of aromatic nitrogens is 2. The number of para-hydroxylation sites is 1. The van der Waals surface area contributed by atoms with E-state index in [1.54, 1.807) is 13.3 Å². The van der Waals surface area contributed by atoms with E-state index in [1.807, 2.05) is 24.3 Å². The molecule has 1 atom stereocenters. The summed E-state index contributed by atoms with van der Waals surface area (Å²) in [5.74, 6) is 0.428. The van der Waals surface area contributed by atoms with Gasteiger partial charge in [0.05, 0.1) is 25.7 Å². The van der Waals surface area contributed by atoms with Crippen LogP contribution in [0.25, 0.3) is 0 Å². The number of benzene rings is 1. The Hall–Kier alpha value is -3.03. The van der Waals surface area contributed by atoms with Gasteiger partial charge in [-0.15, -0.1) is 0 Å². The number of nitrogens with one attached hydrogen (secondary N) is 2. The Bertz CT molecular complexity index is 717. The topological polar surface area (TPSA) is 96.5 Å². The van der Waals surface area contributed by atoms with E-state index in [0.717, 1.165) is 11.3 Å². The van der Waals surface area contributed by atoms with E-state index < -0.39 is 12.1 Å². The number of imidazole rings is 1. The number of H-pyrrole nitrogens is 1. The third kappa shape index (κ3) is 3.32. The summed E-state index contributed by atoms with van der Waals surface area (Å²) in [7, 11) is 1.58. The van der Waals surface area contributed by atoms with E-state index in [1.165, 1.54) is 11.2 Å². The molecule has 8 heteroatoms. The highest BCUT2D eigenvalue weighted by atomic mass is 16.6. The highest BCUT2D eigenvalue weighted by molar-refractivity contribution is 5.87. The molecule has 0 radical (unpaired) electrons. The van der Waals surface area contributed by atoms with E-state index >= 15 is 0 Å². The van der Waals surface area contributed by atoms with Crippen LogP contribution in [0.15, 0.2) is 36.8 Å². The maximum absolute atomic E-state index is 12.5. The van der Waals surface area contributed by atoms with Crippen LogP contribution >= 0.6 is 0 Å². The lowest BCUT2D eigenvalue weighted by Crippen LogP contribution is -2.45. The van der Waals surface area contributed by atoms with Crippen LogP contribution in [-0.4, -0.2) is 46.6 Å². The van der Waals surface area contributed by atoms with Crippen LogP contribution in [-0.2, 0) is 22.6 Å². The van der Waals surface area contributed by atoms with Gasteiger partial charge in [-0.3, -0.25) is 9.69 Å². The van der Waals surface area contributed by atoms with E-state index in [2.05, 4.69) is 15.3 Å². The van der Waals surface area contributed by atoms with Gasteiger partial charge in [0.15, 0.2) is 0 Å². The standard InChI is InChI=1S/C16H18N4O4/c1-23-14-5-3-2-4-11(14)6-18-15(21)13-9-24-16(22)20(13)8-12-7-17-10-19-12/h2-5,7,10,13H,6,8-9H2,1H3,(H,17,19)(H,18,21)/t13-/m0/s1. The molecule has 2 amide bonds. The summed E-state index contributed by atoms with van der Waals surface area (Å²) in [5, 5.41) is 2.83. The van der Waals surface area contributed by atoms with Crippen molar-refractivity contribution in [2.45, 2.75) is 19.1 Å². The van der Waals surface area contributed by atoms with Crippen LogP contribution in [0.4, 0.5) is 4.79 Å². The van der Waals surface area contributed by atoms with Crippen molar-refractivity contribution in [2.75, 3.05) is 13.7 Å². The van der Waals surface area contributed by atoms with Crippen molar-refractivity contribution in [1.29, 1.82) is 0 Å². The van der Waals surface area contributed by atoms with Crippen LogP contribution in [0.2, 0.25) is 0 Å². The highest BCUT2D eigenvalue weighted by Gasteiger charge is 2.38. The quantitative estimate of drug-likeness (QED) is 0.825. The molecular weight excluding hydrogens is 312 g/mol. The fourth-order valence-electron chi connectivity index (χ4n) is 2.55. The molecule has 2 N–H and O–H groups in total. The fraction of sp³-hybridized carbons (Fsp3) is 0.312. The Morgan fingerprint density at radius 2 is 2.33 bits per heavy atom. The first kappa shape index (κ1) is 15.9. The minimum Gasteiger partial charge on any atom is -0.496 e. The molecule has 2 heterocycles. The Labute approximate surface area is 138 Å². The number of nitrogens with zero attached hydrogens (tertiary/aromatic N) is 2. The summed E-state index contributed by atoms with van der Waals surface area (Å²) < 4.78 is 10.3. The fourth-order valence-corrected chi connectivity index (χ4v) is 2.55. The Morgan fingerprint density at radius 3 is 3.08 bits per heavy atom. The summed E-state index contributed by atoms with van der Waals surface area (Å²) in [5.41, 5.74) is 1.59. The minimum absolute atomic E-state index is 0.0325. The number of amides is 2. The van der Waals surface area contributed by atoms with Crippen LogP contribution in [0.5, 0.6) is 5.75 Å². The molecule has 1 saturated heterocycles. The first-order valence-electron chi connectivity index (χ1n) is 7.49. The second-order valence-electron chi connectivity index (χ2n) is 5.33. The highest BCUT2D eigenvalue weighted by Crippen LogP contribution is 2.18. The van der Waals surface area contributed by atoms with Crippen molar-refractivity contribution in [1.82, 2.24) is 20.2 Å². The molecule has 1 aliphatic heterocycles. The van der Waals surface area contributed by atoms with Gasteiger partial charge in [0.25, 0.3) is 0 Å². The van der Waals surface area contributed by atoms with Gasteiger partial charge < -0.3 is 19.8 Å². The Kier molecular flexibility index (Phi) is 4.64. The van der Waals surface area contributed by atoms with Crippen LogP contribution in [0.3, 0.4) is 0 Å². The lowest BCUT2D eigenvalue weighted by atomic mass is 10.2. The summed E-state index contributed by atoms with van der Waals surface area (Å²) >= 11 is 0. The number of rotatable bonds is 6. The normalized spacial score (nSPS) is 16.8. The number of carbonyl (C=O) groups excluding carboxylic acids is 2. The third-order valence-electron chi connectivity index (χ3n) is 3.82. The number of aromatic amines is 1. The number of carbonyl (C=O) groups is 2. The Morgan fingerprint density at radius 1 is 1.50 bits per heavy atom. The van der Waals surface area contributed by atoms with E-state index in [-0.39, 0.29) is 19.1 Å². The van der Waals surface area contributed by atoms with Crippen molar-refractivity contribution in [3.8, 4) is 5.75 Å². The summed E-state index contributed by atoms with van der Waals surface area (Å²) in [6.45, 7) is 0.585. The van der Waals surface area contributed by atoms with Gasteiger partial charge in [-0.2, -0.15) is 0 Å². The third-order valence-corrected chi connectivity index (χ3v) is 3.82. The molecule has 8 nitrogen and oxygen atoms in total. The molecule has 0 bridgehead atoms. The first-order chi connectivity index (χ1) is 11.7. The zero-order valence-electron chi connectivity index (χ0n) is 13.2. The smallest absolute Gasteiger partial charge is 0.411 e. The van der Waals surface area contributed by atoms with Gasteiger partial charge >= 0.3 is 6.09 Å². The maximum atomic E-state index is 12.5. The van der Waals surface area contributed by atoms with Crippen molar-refractivity contribution in [3.63, 3.8) is 0 Å². The van der Waals surface area contributed by atoms with Crippen molar-refractivity contribution in [3.05, 3.63) is 48.0 Å². The molecule has 126 valence electrons. The monoisotopic (exact) mass is 330 g/mol. The lowest BCUT2D eigenvalue weighted by Gasteiger charge is -2.20. The number of ether oxygens (including phenoxy) is 2. The van der Waals surface area contributed by atoms with Crippen LogP contribution < -0.4 is 10.1 Å². The molecule has 2 aromatic rings. The second-order valence-corrected chi connectivity index (χ2v) is 5.33. The van der Waals surface area contributed by atoms with Crippen molar-refractivity contribution >= 4 is 12.0 Å². The molecule has 1 aromatic heterocycles. The zero-order valence-corrected chi connectivity index (χ0v) is 13.2. The predicted molar refractivity (Wildman–Crippen MR) is 84.1 cm³/mol. The molecule has 0 saturated carbocycles. The van der Waals surface area contributed by atoms with E-state index in [4.69, 9.17) is 9.47 Å². The number of hydrogen-bond donors (Lipinski definition) is 2. The van der Waals surface area contributed by atoms with Gasteiger partial charge in [-0.05, 0) is 6.07 Å². The maximum Gasteiger partial charge on any atom is 0.411 e. The first-order valence-corrected chi connectivity index (χ1v) is 7.49. The average molecular weight is 330 g/mol. The van der Waals surface area contributed by atoms with Gasteiger partial charge in [0.1, 0.15) is 18.4 Å². The van der Waals surface area contributed by atoms with Crippen molar-refractivity contribution < 1.29 is 19.1 Å². The second kappa shape index (κ2) is 7.03. The number of hydrogen-bond acceptors (Lipinski definition) is 5. The van der Waals surface area contributed by atoms with E-state index in [0.29, 0.717) is 12.3 Å². The largest absolute Gasteiger partial charge is 0.496 e. The molecule has 0 aliphatic carbocycles. The Balaban J connectivity index is 1.64. The molecule has 0 spiro atoms. The molecule has 24 heavy (non-hydrogen) atoms. The van der Waals surface area contributed by atoms with Crippen LogP contribution in [0.1, 0.15) is 11.3 Å². The molecule has 1 aromatic carbocycles. The summed E-state index contributed by atoms with van der Waals surface area (Å²) in [4.78, 5) is 32.5. The molecule has 1 aliphatic rings. The molecule has 0 unspecified atom stereocenters. The summed E-state index contributed by atoms with van der Waals surface area (Å²) in [6.07, 6.45) is 2.62. The van der Waals surface area contributed by atoms with Gasteiger partial charge in [-0.25, -0.2) is 9.78 Å². The number of methoxy groups -OCH3 is 1. The van der Waals surface area contributed by atoms with Gasteiger partial charge in [0, 0.05) is 18.3 Å². The summed E-state index contributed by atoms with van der Waals surface area (Å²) in [6, 6.07) is 6.76. The van der Waals surface area contributed by atoms with E-state index in [9.17, 15) is 9.59 Å². The van der Waals surface area contributed by atoms with Crippen LogP contribution in [0, 0.1) is 0 Å². The number of cyclic esters (lactones) is 1. The SMILES string of the molecule is COc1ccccc1CNC(=O)[C@@H]1COC(=O)N1Cc1cnc[nH]1. The van der Waals surface area contributed by atoms with Gasteiger partial charge in [0.2, 0.25) is 5.91 Å². The average Bonchev–Trinajstić information content (AvgIpc) is 3.24. The molecular formula is C16H18N4O4. The molecule has 1 fully saturated rings. The van der Waals surface area contributed by atoms with Crippen molar-refractivity contribution in [2.24, 2.45) is 0 Å². The minimum atomic E-state index is -0.671. The van der Waals surface area contributed by atoms with Gasteiger partial charge in [-0.1, -0.05) is 18.2 Å².